The quantitative estimate of drug-likeness (QED) is 0.135. The fraction of sp³-hybridized carbons (Fsp3) is 0.180. The van der Waals surface area contributed by atoms with Gasteiger partial charge in [-0.2, -0.15) is 6.07 Å². The Bertz CT molecular complexity index is 3250. The van der Waals surface area contributed by atoms with E-state index < -0.39 is 0 Å². The summed E-state index contributed by atoms with van der Waals surface area (Å²) >= 11 is 0. The Morgan fingerprint density at radius 2 is 1.15 bits per heavy atom. The molecule has 0 atom stereocenters. The number of ether oxygens (including phenoxy) is 1. The molecule has 0 radical (unpaired) electrons. The molecule has 10 rings (SSSR count). The van der Waals surface area contributed by atoms with Gasteiger partial charge in [-0.15, -0.1) is 53.6 Å². The number of aromatic nitrogens is 2. The van der Waals surface area contributed by atoms with Crippen LogP contribution in [0.15, 0.2) is 182 Å². The van der Waals surface area contributed by atoms with E-state index >= 15 is 0 Å². The molecule has 0 bridgehead atoms. The largest absolute Gasteiger partial charge is 0.509 e. The predicted octanol–water partition coefficient (Wildman–Crippen LogP) is 15.7. The van der Waals surface area contributed by atoms with E-state index in [1.54, 1.807) is 0 Å². The van der Waals surface area contributed by atoms with Crippen molar-refractivity contribution in [1.82, 2.24) is 9.55 Å². The van der Waals surface area contributed by atoms with E-state index in [9.17, 15) is 0 Å². The van der Waals surface area contributed by atoms with Crippen molar-refractivity contribution in [3.63, 3.8) is 0 Å². The summed E-state index contributed by atoms with van der Waals surface area (Å²) in [5, 5.41) is 2.20. The summed E-state index contributed by atoms with van der Waals surface area (Å²) in [6, 6.07) is 65.6. The van der Waals surface area contributed by atoms with Gasteiger partial charge in [0.1, 0.15) is 5.82 Å². The average molecular weight is 1060 g/mol. The molecule has 2 aromatic heterocycles. The van der Waals surface area contributed by atoms with Crippen LogP contribution < -0.4 is 14.5 Å². The maximum atomic E-state index is 6.92. The Morgan fingerprint density at radius 1 is 0.493 bits per heavy atom. The van der Waals surface area contributed by atoms with Gasteiger partial charge in [0, 0.05) is 50.0 Å². The molecule has 0 unspecified atom stereocenters. The van der Waals surface area contributed by atoms with Crippen LogP contribution in [0.2, 0.25) is 0 Å². The molecule has 5 nitrogen and oxygen atoms in total. The van der Waals surface area contributed by atoms with Crippen LogP contribution in [-0.2, 0) is 37.3 Å². The summed E-state index contributed by atoms with van der Waals surface area (Å²) in [6.45, 7) is 20.2. The molecule has 0 aliphatic carbocycles. The zero-order chi connectivity index (χ0) is 45.8. The first-order valence-corrected chi connectivity index (χ1v) is 22.8. The minimum atomic E-state index is -0.349. The van der Waals surface area contributed by atoms with Crippen molar-refractivity contribution in [2.75, 3.05) is 9.80 Å². The normalized spacial score (nSPS) is 13.1. The molecule has 0 spiro atoms. The molecular weight excluding hydrogens is 1000 g/mol. The predicted molar refractivity (Wildman–Crippen MR) is 274 cm³/mol. The van der Waals surface area contributed by atoms with Crippen LogP contribution in [0.5, 0.6) is 11.5 Å². The van der Waals surface area contributed by atoms with Crippen molar-refractivity contribution in [2.24, 2.45) is 0 Å². The SMILES string of the molecule is CC(C)(C)c1cc(-c2ccccc2)cc(N2C=CN(c3[c-]c(Oc4[c-]c5c(cc4)c4cc(-c6ccccc6)ccc4n5-c4cc(C(C)(C)C)ccn4)cc(C(C)(C)c4ccccc4)c3)[CH-]2)c1.[Pt]. The van der Waals surface area contributed by atoms with E-state index in [-0.39, 0.29) is 37.3 Å². The molecule has 0 N–H and O–H groups in total. The molecule has 6 heteroatoms. The van der Waals surface area contributed by atoms with Crippen molar-refractivity contribution < 1.29 is 25.8 Å². The van der Waals surface area contributed by atoms with Crippen molar-refractivity contribution >= 4 is 33.2 Å². The zero-order valence-electron chi connectivity index (χ0n) is 39.4. The second-order valence-corrected chi connectivity index (χ2v) is 20.0. The smallest absolute Gasteiger partial charge is 0.135 e. The van der Waals surface area contributed by atoms with Crippen LogP contribution in [0.3, 0.4) is 0 Å². The fourth-order valence-corrected chi connectivity index (χ4v) is 8.90. The molecule has 67 heavy (non-hydrogen) atoms. The van der Waals surface area contributed by atoms with E-state index in [1.807, 2.05) is 12.3 Å². The van der Waals surface area contributed by atoms with Crippen molar-refractivity contribution in [3.05, 3.63) is 223 Å². The molecule has 7 aromatic carbocycles. The maximum Gasteiger partial charge on any atom is 0.135 e. The summed E-state index contributed by atoms with van der Waals surface area (Å²) in [4.78, 5) is 9.28. The minimum absolute atomic E-state index is 0. The Morgan fingerprint density at radius 3 is 1.84 bits per heavy atom. The molecule has 3 heterocycles. The third-order valence-electron chi connectivity index (χ3n) is 13.0. The van der Waals surface area contributed by atoms with Crippen molar-refractivity contribution in [2.45, 2.75) is 71.6 Å². The first kappa shape index (κ1) is 45.5. The average Bonchev–Trinajstić information content (AvgIpc) is 3.95. The van der Waals surface area contributed by atoms with Crippen molar-refractivity contribution in [3.8, 4) is 39.6 Å². The number of pyridine rings is 1. The van der Waals surface area contributed by atoms with E-state index in [0.29, 0.717) is 11.5 Å². The first-order valence-electron chi connectivity index (χ1n) is 22.8. The molecular formula is C61H55N4OPt-3. The molecule has 0 amide bonds. The molecule has 1 aliphatic heterocycles. The van der Waals surface area contributed by atoms with E-state index in [2.05, 4.69) is 259 Å². The van der Waals surface area contributed by atoms with Crippen molar-refractivity contribution in [1.29, 1.82) is 0 Å². The second-order valence-electron chi connectivity index (χ2n) is 20.0. The summed E-state index contributed by atoms with van der Waals surface area (Å²) in [7, 11) is 0. The Kier molecular flexibility index (Phi) is 12.1. The van der Waals surface area contributed by atoms with Crippen LogP contribution in [0, 0.1) is 18.8 Å². The number of fused-ring (bicyclic) bond motifs is 3. The van der Waals surface area contributed by atoms with Gasteiger partial charge in [0.05, 0.1) is 0 Å². The van der Waals surface area contributed by atoms with Gasteiger partial charge in [-0.05, 0) is 103 Å². The number of benzene rings is 7. The number of hydrogen-bond donors (Lipinski definition) is 0. The van der Waals surface area contributed by atoms with Gasteiger partial charge in [-0.1, -0.05) is 170 Å². The van der Waals surface area contributed by atoms with Gasteiger partial charge in [0.2, 0.25) is 0 Å². The van der Waals surface area contributed by atoms with E-state index in [1.165, 1.54) is 33.4 Å². The summed E-state index contributed by atoms with van der Waals surface area (Å²) in [5.41, 5.74) is 13.0. The summed E-state index contributed by atoms with van der Waals surface area (Å²) < 4.78 is 9.15. The first-order chi connectivity index (χ1) is 31.7. The minimum Gasteiger partial charge on any atom is -0.509 e. The zero-order valence-corrected chi connectivity index (χ0v) is 41.7. The Labute approximate surface area is 410 Å². The Hall–Kier alpha value is -6.68. The number of rotatable bonds is 9. The van der Waals surface area contributed by atoms with Crippen LogP contribution in [-0.4, -0.2) is 9.55 Å². The molecule has 1 aliphatic rings. The van der Waals surface area contributed by atoms with Crippen LogP contribution in [0.4, 0.5) is 11.4 Å². The number of nitrogens with zero attached hydrogens (tertiary/aromatic N) is 4. The van der Waals surface area contributed by atoms with Crippen LogP contribution in [0.1, 0.15) is 77.6 Å². The summed E-state index contributed by atoms with van der Waals surface area (Å²) in [6.07, 6.45) is 6.13. The topological polar surface area (TPSA) is 33.5 Å². The van der Waals surface area contributed by atoms with Crippen LogP contribution in [0.25, 0.3) is 49.9 Å². The number of anilines is 2. The third kappa shape index (κ3) is 9.10. The van der Waals surface area contributed by atoms with Gasteiger partial charge in [0.25, 0.3) is 0 Å². The van der Waals surface area contributed by atoms with Gasteiger partial charge >= 0.3 is 0 Å². The molecule has 9 aromatic rings. The van der Waals surface area contributed by atoms with E-state index in [0.717, 1.165) is 50.1 Å². The molecule has 0 fully saturated rings. The maximum absolute atomic E-state index is 6.92. The van der Waals surface area contributed by atoms with Gasteiger partial charge < -0.3 is 19.1 Å². The third-order valence-corrected chi connectivity index (χ3v) is 13.0. The van der Waals surface area contributed by atoms with Gasteiger partial charge in [0.15, 0.2) is 0 Å². The van der Waals surface area contributed by atoms with Gasteiger partial charge in [-0.3, -0.25) is 0 Å². The van der Waals surface area contributed by atoms with Crippen LogP contribution >= 0.6 is 0 Å². The fourth-order valence-electron chi connectivity index (χ4n) is 8.90. The second kappa shape index (κ2) is 17.8. The standard InChI is InChI=1S/C61H55N4O.Pt/c1-59(2,3)47-28-29-62-58(38-47)65-56-27-24-44(42-18-12-9-13-19-42)34-55(56)54-26-25-52(40-57(54)65)66-53-37-49(61(7,8)46-22-16-11-17-23-46)36-51(39-53)64-31-30-63(41-64)50-33-45(43-20-14-10-15-21-43)32-48(35-50)60(4,5)6;/h9-38,41H,1-8H3;/q-3;. The Balaban J connectivity index is 0.00000562. The molecule has 0 saturated carbocycles. The molecule has 0 saturated heterocycles. The van der Waals surface area contributed by atoms with E-state index in [4.69, 9.17) is 9.72 Å². The number of hydrogen-bond acceptors (Lipinski definition) is 4. The molecule has 338 valence electrons. The monoisotopic (exact) mass is 1050 g/mol. The van der Waals surface area contributed by atoms with Gasteiger partial charge in [-0.25, -0.2) is 4.98 Å². The summed E-state index contributed by atoms with van der Waals surface area (Å²) in [5.74, 6) is 2.03.